The first-order valence-electron chi connectivity index (χ1n) is 7.54. The van der Waals surface area contributed by atoms with E-state index in [9.17, 15) is 0 Å². The van der Waals surface area contributed by atoms with Gasteiger partial charge in [-0.2, -0.15) is 0 Å². The molecule has 2 saturated heterocycles. The van der Waals surface area contributed by atoms with Gasteiger partial charge in [0, 0.05) is 45.9 Å². The van der Waals surface area contributed by atoms with Crippen LogP contribution in [0.2, 0.25) is 12.6 Å². The van der Waals surface area contributed by atoms with Gasteiger partial charge in [-0.3, -0.25) is 4.90 Å². The van der Waals surface area contributed by atoms with Crippen LogP contribution in [-0.4, -0.2) is 70.1 Å². The zero-order valence-corrected chi connectivity index (χ0v) is 12.7. The summed E-state index contributed by atoms with van der Waals surface area (Å²) >= 11 is 0. The Hall–Kier alpha value is -0.0551. The Kier molecular flexibility index (Phi) is 7.95. The van der Waals surface area contributed by atoms with E-state index in [4.69, 9.17) is 4.74 Å². The van der Waals surface area contributed by atoms with E-state index < -0.39 is 0 Å². The van der Waals surface area contributed by atoms with E-state index in [2.05, 4.69) is 24.1 Å². The number of methoxy groups -OCH3 is 1. The van der Waals surface area contributed by atoms with Gasteiger partial charge in [0.2, 0.25) is 0 Å². The summed E-state index contributed by atoms with van der Waals surface area (Å²) in [7, 11) is 6.49. The molecule has 2 aliphatic heterocycles. The third-order valence-corrected chi connectivity index (χ3v) is 4.07. The average Bonchev–Trinajstić information content (AvgIpc) is 2.43. The Balaban J connectivity index is 0.000000771. The molecule has 0 aromatic rings. The van der Waals surface area contributed by atoms with Crippen molar-refractivity contribution in [1.82, 2.24) is 9.80 Å². The Morgan fingerprint density at radius 3 is 2.44 bits per heavy atom. The third kappa shape index (κ3) is 4.56. The second kappa shape index (κ2) is 8.95. The Bertz CT molecular complexity index is 206. The molecular weight excluding hydrogens is 223 g/mol. The van der Waals surface area contributed by atoms with Gasteiger partial charge in [0.15, 0.2) is 0 Å². The van der Waals surface area contributed by atoms with E-state index in [1.807, 2.05) is 21.0 Å². The number of ether oxygens (including phenoxy) is 1. The molecule has 0 amide bonds. The van der Waals surface area contributed by atoms with Crippen molar-refractivity contribution >= 4 is 7.28 Å². The summed E-state index contributed by atoms with van der Waals surface area (Å²) in [5.74, 6) is 0.724. The number of likely N-dealkylation sites (N-methyl/N-ethyl adjacent to an activating group) is 1. The van der Waals surface area contributed by atoms with Gasteiger partial charge in [-0.15, -0.1) is 0 Å². The van der Waals surface area contributed by atoms with Gasteiger partial charge in [0.05, 0.1) is 0 Å². The summed E-state index contributed by atoms with van der Waals surface area (Å²) in [5.41, 5.74) is 0. The van der Waals surface area contributed by atoms with Crippen molar-refractivity contribution in [3.8, 4) is 0 Å². The molecule has 4 heteroatoms. The van der Waals surface area contributed by atoms with Gasteiger partial charge in [0.25, 0.3) is 0 Å². The number of piperazine rings is 1. The average molecular weight is 253 g/mol. The predicted molar refractivity (Wildman–Crippen MR) is 79.6 cm³/mol. The molecule has 0 saturated carbocycles. The fraction of sp³-hybridized carbons (Fsp3) is 1.00. The molecular formula is C14H30BN2O. The fourth-order valence-electron chi connectivity index (χ4n) is 3.04. The minimum absolute atomic E-state index is 0.724. The van der Waals surface area contributed by atoms with Crippen LogP contribution < -0.4 is 0 Å². The van der Waals surface area contributed by atoms with Gasteiger partial charge in [0.1, 0.15) is 7.28 Å². The van der Waals surface area contributed by atoms with Crippen molar-refractivity contribution in [1.29, 1.82) is 0 Å². The molecule has 2 fully saturated rings. The second-order valence-electron chi connectivity index (χ2n) is 5.22. The van der Waals surface area contributed by atoms with E-state index >= 15 is 0 Å². The van der Waals surface area contributed by atoms with Gasteiger partial charge in [-0.1, -0.05) is 26.5 Å². The van der Waals surface area contributed by atoms with Crippen LogP contribution in [0.1, 0.15) is 20.3 Å². The molecule has 0 aromatic heterocycles. The number of hydrogen-bond donors (Lipinski definition) is 0. The first-order chi connectivity index (χ1) is 8.81. The smallest absolute Gasteiger partial charge is 0.110 e. The normalized spacial score (nSPS) is 30.2. The van der Waals surface area contributed by atoms with Crippen molar-refractivity contribution in [2.24, 2.45) is 5.92 Å². The van der Waals surface area contributed by atoms with E-state index in [0.29, 0.717) is 0 Å². The molecule has 2 unspecified atom stereocenters. The number of hydrogen-bond acceptors (Lipinski definition) is 3. The number of nitrogens with zero attached hydrogens (tertiary/aromatic N) is 2. The molecule has 2 rings (SSSR count). The monoisotopic (exact) mass is 253 g/mol. The lowest BCUT2D eigenvalue weighted by Gasteiger charge is -2.43. The maximum absolute atomic E-state index is 5.37. The topological polar surface area (TPSA) is 15.7 Å². The van der Waals surface area contributed by atoms with Crippen molar-refractivity contribution in [2.45, 2.75) is 39.0 Å². The van der Waals surface area contributed by atoms with Gasteiger partial charge in [-0.05, 0) is 19.4 Å². The highest BCUT2D eigenvalue weighted by atomic mass is 16.5. The van der Waals surface area contributed by atoms with Crippen LogP contribution in [0.5, 0.6) is 0 Å². The summed E-state index contributed by atoms with van der Waals surface area (Å²) in [5, 5.41) is 0. The molecule has 0 bridgehead atoms. The SMILES string of the molecule is CC.COCC1C[B]CCC1N1CCN(C)CC1. The number of rotatable bonds is 3. The van der Waals surface area contributed by atoms with Gasteiger partial charge in [-0.25, -0.2) is 0 Å². The minimum atomic E-state index is 0.724. The lowest BCUT2D eigenvalue weighted by molar-refractivity contribution is 0.0465. The summed E-state index contributed by atoms with van der Waals surface area (Å²) in [6.07, 6.45) is 3.86. The zero-order valence-electron chi connectivity index (χ0n) is 12.7. The van der Waals surface area contributed by atoms with Crippen LogP contribution in [0.4, 0.5) is 0 Å². The third-order valence-electron chi connectivity index (χ3n) is 4.07. The van der Waals surface area contributed by atoms with Crippen LogP contribution in [0.15, 0.2) is 0 Å². The largest absolute Gasteiger partial charge is 0.384 e. The quantitative estimate of drug-likeness (QED) is 0.714. The fourth-order valence-corrected chi connectivity index (χ4v) is 3.04. The molecule has 18 heavy (non-hydrogen) atoms. The van der Waals surface area contributed by atoms with Crippen molar-refractivity contribution in [2.75, 3.05) is 46.9 Å². The maximum Gasteiger partial charge on any atom is 0.110 e. The Morgan fingerprint density at radius 2 is 1.83 bits per heavy atom. The predicted octanol–water partition coefficient (Wildman–Crippen LogP) is 1.84. The van der Waals surface area contributed by atoms with E-state index in [0.717, 1.165) is 18.6 Å². The first kappa shape index (κ1) is 16.0. The first-order valence-corrected chi connectivity index (χ1v) is 7.54. The molecule has 1 radical (unpaired) electrons. The highest BCUT2D eigenvalue weighted by molar-refractivity contribution is 6.35. The molecule has 2 aliphatic rings. The molecule has 0 spiro atoms. The van der Waals surface area contributed by atoms with E-state index in [1.165, 1.54) is 45.2 Å². The molecule has 0 N–H and O–H groups in total. The maximum atomic E-state index is 5.37. The molecule has 0 aromatic carbocycles. The van der Waals surface area contributed by atoms with E-state index in [1.54, 1.807) is 0 Å². The van der Waals surface area contributed by atoms with Gasteiger partial charge >= 0.3 is 0 Å². The second-order valence-corrected chi connectivity index (χ2v) is 5.22. The molecule has 0 aliphatic carbocycles. The van der Waals surface area contributed by atoms with Crippen LogP contribution in [0.25, 0.3) is 0 Å². The zero-order chi connectivity index (χ0) is 13.4. The summed E-state index contributed by atoms with van der Waals surface area (Å²) in [6.45, 7) is 9.84. The molecule has 105 valence electrons. The lowest BCUT2D eigenvalue weighted by Crippen LogP contribution is -2.53. The van der Waals surface area contributed by atoms with Crippen LogP contribution >= 0.6 is 0 Å². The molecule has 2 heterocycles. The van der Waals surface area contributed by atoms with Crippen molar-refractivity contribution in [3.05, 3.63) is 0 Å². The Morgan fingerprint density at radius 1 is 1.17 bits per heavy atom. The Labute approximate surface area is 114 Å². The lowest BCUT2D eigenvalue weighted by atomic mass is 9.58. The summed E-state index contributed by atoms with van der Waals surface area (Å²) < 4.78 is 5.37. The van der Waals surface area contributed by atoms with Gasteiger partial charge < -0.3 is 9.64 Å². The summed E-state index contributed by atoms with van der Waals surface area (Å²) in [6, 6.07) is 0.763. The standard InChI is InChI=1S/C12H24BN2O.C2H6/c1-14-5-7-15(8-6-14)12-3-4-13-9-11(12)10-16-2;1-2/h11-12H,3-10H2,1-2H3;1-2H3. The molecule has 3 nitrogen and oxygen atoms in total. The van der Waals surface area contributed by atoms with Crippen LogP contribution in [0.3, 0.4) is 0 Å². The molecule has 2 atom stereocenters. The minimum Gasteiger partial charge on any atom is -0.384 e. The van der Waals surface area contributed by atoms with Crippen molar-refractivity contribution < 1.29 is 4.74 Å². The van der Waals surface area contributed by atoms with Crippen molar-refractivity contribution in [3.63, 3.8) is 0 Å². The summed E-state index contributed by atoms with van der Waals surface area (Å²) in [4.78, 5) is 5.12. The van der Waals surface area contributed by atoms with Crippen LogP contribution in [-0.2, 0) is 4.74 Å². The highest BCUT2D eigenvalue weighted by Crippen LogP contribution is 2.27. The van der Waals surface area contributed by atoms with E-state index in [-0.39, 0.29) is 0 Å². The van der Waals surface area contributed by atoms with Crippen LogP contribution in [0, 0.1) is 5.92 Å². The highest BCUT2D eigenvalue weighted by Gasteiger charge is 2.31.